The smallest absolute Gasteiger partial charge is 0.232 e. The third-order valence-electron chi connectivity index (χ3n) is 3.82. The Morgan fingerprint density at radius 3 is 2.62 bits per heavy atom. The highest BCUT2D eigenvalue weighted by atomic mass is 32.2. The van der Waals surface area contributed by atoms with Crippen LogP contribution in [0.5, 0.6) is 0 Å². The van der Waals surface area contributed by atoms with Gasteiger partial charge in [0.25, 0.3) is 0 Å². The van der Waals surface area contributed by atoms with Crippen molar-refractivity contribution in [3.63, 3.8) is 0 Å². The van der Waals surface area contributed by atoms with E-state index in [-0.39, 0.29) is 18.2 Å². The molecule has 24 heavy (non-hydrogen) atoms. The van der Waals surface area contributed by atoms with Crippen molar-refractivity contribution in [2.75, 3.05) is 16.9 Å². The fourth-order valence-electron chi connectivity index (χ4n) is 2.63. The fourth-order valence-corrected chi connectivity index (χ4v) is 3.15. The monoisotopic (exact) mass is 346 g/mol. The first-order chi connectivity index (χ1) is 11.4. The van der Waals surface area contributed by atoms with Crippen molar-refractivity contribution in [1.29, 1.82) is 0 Å². The predicted octanol–water partition coefficient (Wildman–Crippen LogP) is 2.63. The molecular weight excluding hydrogens is 331 g/mol. The molecule has 0 aromatic heterocycles. The topological polar surface area (TPSA) is 75.3 Å². The van der Waals surface area contributed by atoms with E-state index in [9.17, 15) is 18.2 Å². The van der Waals surface area contributed by atoms with Crippen LogP contribution in [0.15, 0.2) is 47.4 Å². The summed E-state index contributed by atoms with van der Waals surface area (Å²) in [6, 6.07) is 10.6. The molecule has 1 heterocycles. The van der Waals surface area contributed by atoms with Crippen molar-refractivity contribution < 1.29 is 18.2 Å². The number of carbonyl (C=O) groups is 2. The van der Waals surface area contributed by atoms with Gasteiger partial charge in [-0.2, -0.15) is 0 Å². The summed E-state index contributed by atoms with van der Waals surface area (Å²) in [5.74, 6) is -1.83. The lowest BCUT2D eigenvalue weighted by Crippen LogP contribution is -2.30. The van der Waals surface area contributed by atoms with Crippen LogP contribution in [0.3, 0.4) is 0 Å². The highest BCUT2D eigenvalue weighted by Crippen LogP contribution is 2.33. The largest absolute Gasteiger partial charge is 0.326 e. The number of carbonyl (C=O) groups excluding carboxylic acids is 2. The molecule has 2 N–H and O–H groups in total. The first kappa shape index (κ1) is 16.3. The van der Waals surface area contributed by atoms with Gasteiger partial charge in [0.05, 0.1) is 5.92 Å². The second-order valence-electron chi connectivity index (χ2n) is 5.50. The molecule has 0 saturated heterocycles. The van der Waals surface area contributed by atoms with Gasteiger partial charge in [-0.05, 0) is 42.0 Å². The second kappa shape index (κ2) is 6.52. The molecule has 0 spiro atoms. The molecule has 1 aliphatic heterocycles. The van der Waals surface area contributed by atoms with Gasteiger partial charge in [-0.3, -0.25) is 13.8 Å². The summed E-state index contributed by atoms with van der Waals surface area (Å²) in [5.41, 5.74) is 1.45. The molecule has 124 valence electrons. The van der Waals surface area contributed by atoms with E-state index in [1.807, 2.05) is 0 Å². The molecule has 2 amide bonds. The van der Waals surface area contributed by atoms with Gasteiger partial charge in [0.15, 0.2) is 0 Å². The predicted molar refractivity (Wildman–Crippen MR) is 89.8 cm³/mol. The van der Waals surface area contributed by atoms with Crippen LogP contribution in [0.4, 0.5) is 15.8 Å². The van der Waals surface area contributed by atoms with E-state index in [2.05, 4.69) is 10.6 Å². The Balaban J connectivity index is 1.82. The molecule has 5 nitrogen and oxygen atoms in total. The van der Waals surface area contributed by atoms with Crippen LogP contribution in [0.1, 0.15) is 17.9 Å². The van der Waals surface area contributed by atoms with E-state index in [1.54, 1.807) is 30.5 Å². The van der Waals surface area contributed by atoms with Crippen LogP contribution < -0.4 is 10.6 Å². The number of fused-ring (bicyclic) bond motifs is 1. The normalized spacial score (nSPS) is 17.6. The maximum Gasteiger partial charge on any atom is 0.232 e. The van der Waals surface area contributed by atoms with Gasteiger partial charge < -0.3 is 10.6 Å². The van der Waals surface area contributed by atoms with Gasteiger partial charge in [0.2, 0.25) is 11.8 Å². The summed E-state index contributed by atoms with van der Waals surface area (Å²) in [6.07, 6.45) is 1.58. The number of hydrogen-bond acceptors (Lipinski definition) is 3. The van der Waals surface area contributed by atoms with Crippen molar-refractivity contribution in [2.24, 2.45) is 0 Å². The number of hydrogen-bond donors (Lipinski definition) is 2. The van der Waals surface area contributed by atoms with Crippen LogP contribution >= 0.6 is 0 Å². The minimum Gasteiger partial charge on any atom is -0.326 e. The molecule has 0 fully saturated rings. The second-order valence-corrected chi connectivity index (χ2v) is 6.88. The lowest BCUT2D eigenvalue weighted by atomic mass is 9.89. The van der Waals surface area contributed by atoms with Crippen molar-refractivity contribution in [2.45, 2.75) is 17.2 Å². The van der Waals surface area contributed by atoms with E-state index < -0.39 is 22.5 Å². The number of rotatable bonds is 3. The summed E-state index contributed by atoms with van der Waals surface area (Å²) in [7, 11) is -1.09. The van der Waals surface area contributed by atoms with Gasteiger partial charge in [-0.1, -0.05) is 6.07 Å². The maximum absolute atomic E-state index is 13.3. The van der Waals surface area contributed by atoms with Crippen molar-refractivity contribution >= 4 is 34.0 Å². The Bertz CT molecular complexity index is 836. The third kappa shape index (κ3) is 3.35. The molecule has 2 atom stereocenters. The van der Waals surface area contributed by atoms with Gasteiger partial charge >= 0.3 is 0 Å². The molecular formula is C17H15FN2O3S. The Hall–Kier alpha value is -2.54. The molecule has 0 aliphatic carbocycles. The number of nitrogens with one attached hydrogen (secondary N) is 2. The SMILES string of the molecule is C[S@@](=O)c1ccc(NC(=O)[C@@H]2CC(=O)Nc3cc(F)ccc32)cc1. The minimum absolute atomic E-state index is 0.00151. The van der Waals surface area contributed by atoms with Crippen molar-refractivity contribution in [1.82, 2.24) is 0 Å². The van der Waals surface area contributed by atoms with Crippen molar-refractivity contribution in [3.8, 4) is 0 Å². The molecule has 1 aliphatic rings. The van der Waals surface area contributed by atoms with E-state index in [4.69, 9.17) is 0 Å². The van der Waals surface area contributed by atoms with Gasteiger partial charge in [0.1, 0.15) is 5.82 Å². The van der Waals surface area contributed by atoms with Crippen LogP contribution in [-0.2, 0) is 20.4 Å². The molecule has 2 aromatic rings. The Morgan fingerprint density at radius 1 is 1.25 bits per heavy atom. The molecule has 3 rings (SSSR count). The zero-order valence-corrected chi connectivity index (χ0v) is 13.7. The molecule has 0 bridgehead atoms. The summed E-state index contributed by atoms with van der Waals surface area (Å²) in [4.78, 5) is 25.0. The fraction of sp³-hybridized carbons (Fsp3) is 0.176. The zero-order valence-electron chi connectivity index (χ0n) is 12.8. The van der Waals surface area contributed by atoms with Gasteiger partial charge in [-0.15, -0.1) is 0 Å². The maximum atomic E-state index is 13.3. The van der Waals surface area contributed by atoms with E-state index in [0.717, 1.165) is 0 Å². The highest BCUT2D eigenvalue weighted by molar-refractivity contribution is 7.84. The molecule has 7 heteroatoms. The summed E-state index contributed by atoms with van der Waals surface area (Å²) in [6.45, 7) is 0. The average molecular weight is 346 g/mol. The van der Waals surface area contributed by atoms with E-state index in [0.29, 0.717) is 21.8 Å². The number of benzene rings is 2. The standard InChI is InChI=1S/C17H15FN2O3S/c1-24(23)12-5-3-11(4-6-12)19-17(22)14-9-16(21)20-15-8-10(18)2-7-13(14)15/h2-8,14H,9H2,1H3,(H,19,22)(H,20,21)/t14-,24-/m1/s1. The Morgan fingerprint density at radius 2 is 1.96 bits per heavy atom. The summed E-state index contributed by atoms with van der Waals surface area (Å²) in [5, 5.41) is 5.32. The first-order valence-corrected chi connectivity index (χ1v) is 8.83. The summed E-state index contributed by atoms with van der Waals surface area (Å²) >= 11 is 0. The number of amides is 2. The van der Waals surface area contributed by atoms with E-state index >= 15 is 0 Å². The lowest BCUT2D eigenvalue weighted by molar-refractivity contribution is -0.123. The van der Waals surface area contributed by atoms with Gasteiger partial charge in [0, 0.05) is 39.7 Å². The first-order valence-electron chi connectivity index (χ1n) is 7.27. The minimum atomic E-state index is -1.09. The third-order valence-corrected chi connectivity index (χ3v) is 4.76. The molecule has 0 saturated carbocycles. The molecule has 0 radical (unpaired) electrons. The molecule has 0 unspecified atom stereocenters. The Labute approximate surface area is 140 Å². The van der Waals surface area contributed by atoms with E-state index in [1.165, 1.54) is 18.2 Å². The lowest BCUT2D eigenvalue weighted by Gasteiger charge is -2.24. The molecule has 2 aromatic carbocycles. The van der Waals surface area contributed by atoms with Crippen molar-refractivity contribution in [3.05, 3.63) is 53.8 Å². The Kier molecular flexibility index (Phi) is 4.44. The van der Waals surface area contributed by atoms with Crippen LogP contribution in [-0.4, -0.2) is 22.3 Å². The van der Waals surface area contributed by atoms with Crippen LogP contribution in [0.2, 0.25) is 0 Å². The number of halogens is 1. The quantitative estimate of drug-likeness (QED) is 0.897. The average Bonchev–Trinajstić information content (AvgIpc) is 2.54. The van der Waals surface area contributed by atoms with Crippen LogP contribution in [0, 0.1) is 5.82 Å². The number of anilines is 2. The highest BCUT2D eigenvalue weighted by Gasteiger charge is 2.31. The van der Waals surface area contributed by atoms with Gasteiger partial charge in [-0.25, -0.2) is 4.39 Å². The zero-order chi connectivity index (χ0) is 17.3. The summed E-state index contributed by atoms with van der Waals surface area (Å²) < 4.78 is 24.7. The van der Waals surface area contributed by atoms with Crippen LogP contribution in [0.25, 0.3) is 0 Å².